The number of rotatable bonds is 4. The lowest BCUT2D eigenvalue weighted by molar-refractivity contribution is -0.140. The number of aliphatic carboxylic acids is 2. The van der Waals surface area contributed by atoms with Crippen LogP contribution in [0.15, 0.2) is 0 Å². The van der Waals surface area contributed by atoms with E-state index in [-0.39, 0.29) is 22.3 Å². The summed E-state index contributed by atoms with van der Waals surface area (Å²) in [5, 5.41) is 27.6. The number of aliphatic hydroxyl groups is 1. The zero-order valence-electron chi connectivity index (χ0n) is 26.4. The Kier molecular flexibility index (Phi) is 7.70. The number of fused-ring (bicyclic) bond motifs is 6. The molecule has 0 radical (unpaired) electrons. The molecule has 6 rings (SSSR count). The molecule has 6 bridgehead atoms. The predicted molar refractivity (Wildman–Crippen MR) is 155 cm³/mol. The van der Waals surface area contributed by atoms with Crippen LogP contribution < -0.4 is 0 Å². The van der Waals surface area contributed by atoms with Crippen molar-refractivity contribution in [3.05, 3.63) is 0 Å². The molecule has 0 aromatic carbocycles. The molecule has 0 aromatic rings. The molecule has 39 heavy (non-hydrogen) atoms. The molecule has 0 spiro atoms. The van der Waals surface area contributed by atoms with Crippen molar-refractivity contribution in [2.75, 3.05) is 0 Å². The Labute approximate surface area is 237 Å². The molecule has 6 fully saturated rings. The van der Waals surface area contributed by atoms with Crippen LogP contribution in [0.5, 0.6) is 0 Å². The van der Waals surface area contributed by atoms with Gasteiger partial charge in [0.15, 0.2) is 0 Å². The summed E-state index contributed by atoms with van der Waals surface area (Å²) in [5.74, 6) is 1.87. The van der Waals surface area contributed by atoms with Crippen LogP contribution in [0.25, 0.3) is 0 Å². The van der Waals surface area contributed by atoms with Gasteiger partial charge in [0, 0.05) is 12.8 Å². The van der Waals surface area contributed by atoms with E-state index in [9.17, 15) is 14.7 Å². The van der Waals surface area contributed by atoms with Crippen LogP contribution in [0.2, 0.25) is 0 Å². The molecule has 224 valence electrons. The molecule has 6 aliphatic rings. The summed E-state index contributed by atoms with van der Waals surface area (Å²) in [6.07, 6.45) is 11.6. The third-order valence-electron chi connectivity index (χ3n) is 15.5. The van der Waals surface area contributed by atoms with Crippen LogP contribution in [0.4, 0.5) is 0 Å². The predicted octanol–water partition coefficient (Wildman–Crippen LogP) is 8.04. The topological polar surface area (TPSA) is 94.8 Å². The number of carboxylic acid groups (broad SMARTS) is 2. The molecule has 0 aromatic heterocycles. The highest BCUT2D eigenvalue weighted by molar-refractivity contribution is 5.67. The van der Waals surface area contributed by atoms with Gasteiger partial charge < -0.3 is 15.3 Å². The maximum absolute atomic E-state index is 10.8. The summed E-state index contributed by atoms with van der Waals surface area (Å²) in [7, 11) is 0. The third-order valence-corrected chi connectivity index (χ3v) is 15.5. The fourth-order valence-electron chi connectivity index (χ4n) is 10.9. The van der Waals surface area contributed by atoms with E-state index in [0.29, 0.717) is 40.9 Å². The monoisotopic (exact) mass is 546 g/mol. The molecule has 0 heterocycles. The van der Waals surface area contributed by atoms with Crippen molar-refractivity contribution in [1.82, 2.24) is 0 Å². The van der Waals surface area contributed by atoms with E-state index in [4.69, 9.17) is 10.2 Å². The Hall–Kier alpha value is -1.10. The van der Waals surface area contributed by atoms with Crippen LogP contribution in [0.3, 0.4) is 0 Å². The Balaban J connectivity index is 0.000000137. The number of hydrogen-bond acceptors (Lipinski definition) is 3. The Morgan fingerprint density at radius 2 is 0.872 bits per heavy atom. The first-order chi connectivity index (χ1) is 17.7. The smallest absolute Gasteiger partial charge is 0.303 e. The van der Waals surface area contributed by atoms with Gasteiger partial charge in [0.2, 0.25) is 0 Å². The maximum atomic E-state index is 10.8. The summed E-state index contributed by atoms with van der Waals surface area (Å²) in [5.41, 5.74) is 1.86. The summed E-state index contributed by atoms with van der Waals surface area (Å²) in [4.78, 5) is 21.6. The van der Waals surface area contributed by atoms with Gasteiger partial charge in [-0.3, -0.25) is 9.59 Å². The quantitative estimate of drug-likeness (QED) is 0.332. The summed E-state index contributed by atoms with van der Waals surface area (Å²) in [6, 6.07) is 0. The van der Waals surface area contributed by atoms with E-state index in [1.807, 2.05) is 0 Å². The van der Waals surface area contributed by atoms with Crippen molar-refractivity contribution in [1.29, 1.82) is 0 Å². The van der Waals surface area contributed by atoms with Crippen molar-refractivity contribution in [3.8, 4) is 0 Å². The van der Waals surface area contributed by atoms with Gasteiger partial charge in [-0.15, -0.1) is 0 Å². The van der Waals surface area contributed by atoms with Crippen LogP contribution in [-0.2, 0) is 9.59 Å². The van der Waals surface area contributed by atoms with Crippen molar-refractivity contribution in [2.24, 2.45) is 62.1 Å². The molecule has 9 atom stereocenters. The minimum atomic E-state index is -0.625. The SMILES string of the molecule is CC1(C)C2CCC1(C)C(CC(=O)O)C2.CC1(C)[C@H]2CCC1(C)[C@H](CC(=O)O)C2.CC1(C)[C@H]2CC[C@]1(C)[C@@H](O)C2. The number of hydrogen-bond donors (Lipinski definition) is 3. The van der Waals surface area contributed by atoms with Crippen LogP contribution in [0, 0.1) is 62.1 Å². The van der Waals surface area contributed by atoms with E-state index >= 15 is 0 Å². The highest BCUT2D eigenvalue weighted by atomic mass is 16.4. The zero-order chi connectivity index (χ0) is 29.4. The minimum Gasteiger partial charge on any atom is -0.481 e. The first kappa shape index (κ1) is 30.8. The molecule has 0 aliphatic heterocycles. The summed E-state index contributed by atoms with van der Waals surface area (Å²) in [6.45, 7) is 20.8. The highest BCUT2D eigenvalue weighted by Crippen LogP contribution is 2.70. The van der Waals surface area contributed by atoms with Gasteiger partial charge in [0.1, 0.15) is 0 Å². The number of aliphatic hydroxyl groups excluding tert-OH is 1. The highest BCUT2D eigenvalue weighted by Gasteiger charge is 2.63. The first-order valence-electron chi connectivity index (χ1n) is 15.9. The fraction of sp³-hybridized carbons (Fsp3) is 0.941. The summed E-state index contributed by atoms with van der Waals surface area (Å²) < 4.78 is 0. The normalized spacial score (nSPS) is 46.8. The second-order valence-corrected chi connectivity index (χ2v) is 16.9. The molecule has 4 unspecified atom stereocenters. The first-order valence-corrected chi connectivity index (χ1v) is 15.9. The van der Waals surface area contributed by atoms with Gasteiger partial charge in [-0.2, -0.15) is 0 Å². The van der Waals surface area contributed by atoms with Crippen molar-refractivity contribution in [2.45, 2.75) is 139 Å². The van der Waals surface area contributed by atoms with Crippen LogP contribution in [0.1, 0.15) is 133 Å². The molecule has 3 N–H and O–H groups in total. The Morgan fingerprint density at radius 3 is 1.03 bits per heavy atom. The lowest BCUT2D eigenvalue weighted by atomic mass is 9.66. The van der Waals surface area contributed by atoms with Crippen molar-refractivity contribution >= 4 is 11.9 Å². The van der Waals surface area contributed by atoms with E-state index in [1.165, 1.54) is 38.5 Å². The van der Waals surface area contributed by atoms with Gasteiger partial charge >= 0.3 is 11.9 Å². The number of carboxylic acids is 2. The minimum absolute atomic E-state index is 0.0313. The van der Waals surface area contributed by atoms with E-state index in [2.05, 4.69) is 62.3 Å². The maximum Gasteiger partial charge on any atom is 0.303 e. The average Bonchev–Trinajstić information content (AvgIpc) is 3.44. The fourth-order valence-corrected chi connectivity index (χ4v) is 10.9. The molecule has 5 heteroatoms. The average molecular weight is 547 g/mol. The standard InChI is InChI=1S/2C12H20O2.C10H18O/c2*1-11(2)8-4-5-12(11,3)9(6-8)7-10(13)14;1-9(2)7-4-5-10(9,3)8(11)6-7/h2*8-9H,4-7H2,1-3H3,(H,13,14);7-8,11H,4-6H2,1-3H3/t8-,9-,12?;;7-,8-,10+/m0.0/s1. The second-order valence-electron chi connectivity index (χ2n) is 16.9. The molecule has 6 aliphatic carbocycles. The van der Waals surface area contributed by atoms with Crippen LogP contribution >= 0.6 is 0 Å². The zero-order valence-corrected chi connectivity index (χ0v) is 26.4. The number of carbonyl (C=O) groups is 2. The lowest BCUT2D eigenvalue weighted by Gasteiger charge is -2.38. The second kappa shape index (κ2) is 9.73. The van der Waals surface area contributed by atoms with Gasteiger partial charge in [-0.1, -0.05) is 62.3 Å². The summed E-state index contributed by atoms with van der Waals surface area (Å²) >= 11 is 0. The molecule has 6 saturated carbocycles. The van der Waals surface area contributed by atoms with Gasteiger partial charge in [-0.25, -0.2) is 0 Å². The molecule has 0 amide bonds. The van der Waals surface area contributed by atoms with Crippen molar-refractivity contribution in [3.63, 3.8) is 0 Å². The van der Waals surface area contributed by atoms with E-state index in [0.717, 1.165) is 37.0 Å². The molecule has 5 nitrogen and oxygen atoms in total. The van der Waals surface area contributed by atoms with Crippen LogP contribution in [-0.4, -0.2) is 33.4 Å². The molecule has 0 saturated heterocycles. The lowest BCUT2D eigenvalue weighted by Crippen LogP contribution is -2.35. The van der Waals surface area contributed by atoms with Gasteiger partial charge in [0.05, 0.1) is 6.10 Å². The molecular formula is C34H58O5. The Morgan fingerprint density at radius 1 is 0.564 bits per heavy atom. The van der Waals surface area contributed by atoms with Gasteiger partial charge in [-0.05, 0) is 120 Å². The molecular weight excluding hydrogens is 488 g/mol. The third kappa shape index (κ3) is 4.50. The largest absolute Gasteiger partial charge is 0.481 e. The Bertz CT molecular complexity index is 911. The van der Waals surface area contributed by atoms with E-state index in [1.54, 1.807) is 0 Å². The van der Waals surface area contributed by atoms with E-state index < -0.39 is 11.9 Å². The van der Waals surface area contributed by atoms with Crippen molar-refractivity contribution < 1.29 is 24.9 Å². The van der Waals surface area contributed by atoms with Gasteiger partial charge in [0.25, 0.3) is 0 Å².